The van der Waals surface area contributed by atoms with Gasteiger partial charge >= 0.3 is 0 Å². The molecule has 0 fully saturated rings. The standard InChI is InChI=1S/C35H39N3O5S/c1-26(2)23-36-35(40)28(4)37(24-29-17-15-27(3)16-18-29)34(39)25-38(44(41,42)33-13-9-6-10-14-33)30-19-21-32(22-20-30)43-31-11-7-5-8-12-31/h5-22,26,28H,23-25H2,1-4H3,(H,36,40)/t28-/m1/s1. The van der Waals surface area contributed by atoms with Gasteiger partial charge in [0.1, 0.15) is 24.1 Å². The van der Waals surface area contributed by atoms with Crippen molar-refractivity contribution in [2.75, 3.05) is 17.4 Å². The lowest BCUT2D eigenvalue weighted by atomic mass is 10.1. The average molecular weight is 614 g/mol. The van der Waals surface area contributed by atoms with E-state index in [-0.39, 0.29) is 29.0 Å². The van der Waals surface area contributed by atoms with Gasteiger partial charge in [-0.3, -0.25) is 13.9 Å². The molecule has 1 N–H and O–H groups in total. The summed E-state index contributed by atoms with van der Waals surface area (Å²) in [7, 11) is -4.16. The van der Waals surface area contributed by atoms with Gasteiger partial charge < -0.3 is 15.0 Å². The Kier molecular flexibility index (Phi) is 10.8. The van der Waals surface area contributed by atoms with Gasteiger partial charge in [-0.25, -0.2) is 8.42 Å². The van der Waals surface area contributed by atoms with E-state index in [2.05, 4.69) is 5.32 Å². The maximum atomic E-state index is 14.1. The molecule has 0 spiro atoms. The summed E-state index contributed by atoms with van der Waals surface area (Å²) in [6.45, 7) is 7.69. The highest BCUT2D eigenvalue weighted by Gasteiger charge is 2.32. The maximum absolute atomic E-state index is 14.1. The molecule has 0 saturated carbocycles. The van der Waals surface area contributed by atoms with Crippen LogP contribution in [0.5, 0.6) is 11.5 Å². The van der Waals surface area contributed by atoms with E-state index in [9.17, 15) is 18.0 Å². The van der Waals surface area contributed by atoms with E-state index in [0.29, 0.717) is 18.0 Å². The van der Waals surface area contributed by atoms with Gasteiger partial charge in [-0.05, 0) is 73.9 Å². The topological polar surface area (TPSA) is 96.0 Å². The molecule has 0 saturated heterocycles. The second-order valence-electron chi connectivity index (χ2n) is 11.1. The summed E-state index contributed by atoms with van der Waals surface area (Å²) >= 11 is 0. The predicted octanol–water partition coefficient (Wildman–Crippen LogP) is 6.17. The first kappa shape index (κ1) is 32.3. The number of hydrogen-bond donors (Lipinski definition) is 1. The third-order valence-electron chi connectivity index (χ3n) is 7.04. The summed E-state index contributed by atoms with van der Waals surface area (Å²) in [5, 5.41) is 2.90. The molecular formula is C35H39N3O5S. The van der Waals surface area contributed by atoms with Crippen molar-refractivity contribution in [2.24, 2.45) is 5.92 Å². The molecule has 1 atom stereocenters. The Morgan fingerprint density at radius 3 is 1.93 bits per heavy atom. The van der Waals surface area contributed by atoms with Gasteiger partial charge in [-0.15, -0.1) is 0 Å². The number of carbonyl (C=O) groups excluding carboxylic acids is 2. The van der Waals surface area contributed by atoms with Crippen LogP contribution >= 0.6 is 0 Å². The van der Waals surface area contributed by atoms with Crippen molar-refractivity contribution in [1.82, 2.24) is 10.2 Å². The smallest absolute Gasteiger partial charge is 0.264 e. The minimum absolute atomic E-state index is 0.0465. The van der Waals surface area contributed by atoms with Crippen molar-refractivity contribution in [3.8, 4) is 11.5 Å². The largest absolute Gasteiger partial charge is 0.457 e. The molecule has 0 heterocycles. The third kappa shape index (κ3) is 8.48. The summed E-state index contributed by atoms with van der Waals surface area (Å²) in [6, 6.07) is 30.6. The summed E-state index contributed by atoms with van der Waals surface area (Å²) in [4.78, 5) is 28.7. The molecule has 0 radical (unpaired) electrons. The van der Waals surface area contributed by atoms with Crippen LogP contribution in [0.3, 0.4) is 0 Å². The van der Waals surface area contributed by atoms with Crippen LogP contribution in [-0.4, -0.2) is 44.3 Å². The molecule has 0 bridgehead atoms. The molecule has 0 aliphatic carbocycles. The number of anilines is 1. The minimum Gasteiger partial charge on any atom is -0.457 e. The quantitative estimate of drug-likeness (QED) is 0.195. The fourth-order valence-corrected chi connectivity index (χ4v) is 5.91. The fourth-order valence-electron chi connectivity index (χ4n) is 4.48. The molecule has 9 heteroatoms. The second kappa shape index (κ2) is 14.7. The molecular weight excluding hydrogens is 574 g/mol. The molecule has 0 unspecified atom stereocenters. The molecule has 8 nitrogen and oxygen atoms in total. The van der Waals surface area contributed by atoms with Gasteiger partial charge in [0.05, 0.1) is 10.6 Å². The number of nitrogens with zero attached hydrogens (tertiary/aromatic N) is 2. The highest BCUT2D eigenvalue weighted by Crippen LogP contribution is 2.28. The lowest BCUT2D eigenvalue weighted by Crippen LogP contribution is -2.51. The van der Waals surface area contributed by atoms with Crippen LogP contribution in [-0.2, 0) is 26.2 Å². The number of ether oxygens (including phenoxy) is 1. The van der Waals surface area contributed by atoms with E-state index in [1.54, 1.807) is 49.4 Å². The molecule has 230 valence electrons. The van der Waals surface area contributed by atoms with Crippen molar-refractivity contribution < 1.29 is 22.7 Å². The Morgan fingerprint density at radius 1 is 0.773 bits per heavy atom. The predicted molar refractivity (Wildman–Crippen MR) is 173 cm³/mol. The third-order valence-corrected chi connectivity index (χ3v) is 8.83. The van der Waals surface area contributed by atoms with Crippen molar-refractivity contribution in [3.63, 3.8) is 0 Å². The number of amides is 2. The van der Waals surface area contributed by atoms with Gasteiger partial charge in [-0.2, -0.15) is 0 Å². The van der Waals surface area contributed by atoms with Gasteiger partial charge in [-0.1, -0.05) is 80.1 Å². The monoisotopic (exact) mass is 613 g/mol. The van der Waals surface area contributed by atoms with Crippen LogP contribution in [0.4, 0.5) is 5.69 Å². The number of benzene rings is 4. The highest BCUT2D eigenvalue weighted by molar-refractivity contribution is 7.92. The van der Waals surface area contributed by atoms with Gasteiger partial charge in [0.15, 0.2) is 0 Å². The van der Waals surface area contributed by atoms with E-state index in [1.807, 2.05) is 75.4 Å². The number of rotatable bonds is 13. The number of hydrogen-bond acceptors (Lipinski definition) is 5. The normalized spacial score (nSPS) is 11.9. The Balaban J connectivity index is 1.67. The van der Waals surface area contributed by atoms with Gasteiger partial charge in [0.25, 0.3) is 10.0 Å². The first-order chi connectivity index (χ1) is 21.0. The maximum Gasteiger partial charge on any atom is 0.264 e. The SMILES string of the molecule is Cc1ccc(CN(C(=O)CN(c2ccc(Oc3ccccc3)cc2)S(=O)(=O)c2ccccc2)[C@H](C)C(=O)NCC(C)C)cc1. The highest BCUT2D eigenvalue weighted by atomic mass is 32.2. The molecule has 4 rings (SSSR count). The summed E-state index contributed by atoms with van der Waals surface area (Å²) < 4.78 is 34.9. The van der Waals surface area contributed by atoms with E-state index in [1.165, 1.54) is 17.0 Å². The minimum atomic E-state index is -4.16. The van der Waals surface area contributed by atoms with Crippen LogP contribution in [0.2, 0.25) is 0 Å². The number of sulfonamides is 1. The van der Waals surface area contributed by atoms with Crippen molar-refractivity contribution in [1.29, 1.82) is 0 Å². The summed E-state index contributed by atoms with van der Waals surface area (Å²) in [6.07, 6.45) is 0. The van der Waals surface area contributed by atoms with Crippen LogP contribution in [0.15, 0.2) is 114 Å². The number of carbonyl (C=O) groups is 2. The zero-order chi connectivity index (χ0) is 31.7. The Labute approximate surface area is 260 Å². The van der Waals surface area contributed by atoms with Crippen molar-refractivity contribution >= 4 is 27.5 Å². The number of nitrogens with one attached hydrogen (secondary N) is 1. The molecule has 0 aliphatic rings. The molecule has 0 aliphatic heterocycles. The Hall–Kier alpha value is -4.63. The zero-order valence-corrected chi connectivity index (χ0v) is 26.3. The van der Waals surface area contributed by atoms with Crippen molar-refractivity contribution in [3.05, 3.63) is 120 Å². The Morgan fingerprint density at radius 2 is 1.34 bits per heavy atom. The zero-order valence-electron chi connectivity index (χ0n) is 25.5. The van der Waals surface area contributed by atoms with E-state index in [0.717, 1.165) is 15.4 Å². The number of para-hydroxylation sites is 1. The first-order valence-corrected chi connectivity index (χ1v) is 16.0. The molecule has 4 aromatic carbocycles. The lowest BCUT2D eigenvalue weighted by Gasteiger charge is -2.32. The summed E-state index contributed by atoms with van der Waals surface area (Å²) in [5.41, 5.74) is 2.18. The Bertz CT molecular complexity index is 1630. The number of aryl methyl sites for hydroxylation is 1. The van der Waals surface area contributed by atoms with Gasteiger partial charge in [0.2, 0.25) is 11.8 Å². The first-order valence-electron chi connectivity index (χ1n) is 14.6. The molecule has 4 aromatic rings. The lowest BCUT2D eigenvalue weighted by molar-refractivity contribution is -0.139. The fraction of sp³-hybridized carbons (Fsp3) is 0.257. The molecule has 2 amide bonds. The van der Waals surface area contributed by atoms with Crippen LogP contribution < -0.4 is 14.4 Å². The van der Waals surface area contributed by atoms with E-state index < -0.39 is 28.5 Å². The molecule has 44 heavy (non-hydrogen) atoms. The van der Waals surface area contributed by atoms with Crippen LogP contribution in [0.25, 0.3) is 0 Å². The molecule has 0 aromatic heterocycles. The summed E-state index contributed by atoms with van der Waals surface area (Å²) in [5.74, 6) is 0.564. The van der Waals surface area contributed by atoms with Crippen LogP contribution in [0.1, 0.15) is 31.9 Å². The second-order valence-corrected chi connectivity index (χ2v) is 12.9. The van der Waals surface area contributed by atoms with E-state index >= 15 is 0 Å². The van der Waals surface area contributed by atoms with Gasteiger partial charge in [0, 0.05) is 13.1 Å². The van der Waals surface area contributed by atoms with Crippen molar-refractivity contribution in [2.45, 2.75) is 45.2 Å². The van der Waals surface area contributed by atoms with Crippen LogP contribution in [0, 0.1) is 12.8 Å². The average Bonchev–Trinajstić information content (AvgIpc) is 3.03. The van der Waals surface area contributed by atoms with E-state index in [4.69, 9.17) is 4.74 Å².